The molecule has 0 atom stereocenters. The molecule has 1 amide bonds. The van der Waals surface area contributed by atoms with Gasteiger partial charge in [-0.2, -0.15) is 0 Å². The van der Waals surface area contributed by atoms with E-state index < -0.39 is 0 Å². The van der Waals surface area contributed by atoms with Crippen LogP contribution in [0.15, 0.2) is 48.5 Å². The minimum absolute atomic E-state index is 0.190. The summed E-state index contributed by atoms with van der Waals surface area (Å²) < 4.78 is 10.6. The molecule has 1 heterocycles. The molecule has 4 heteroatoms. The molecule has 0 saturated carbocycles. The molecule has 4 nitrogen and oxygen atoms in total. The van der Waals surface area contributed by atoms with Crippen LogP contribution in [0.3, 0.4) is 0 Å². The lowest BCUT2D eigenvalue weighted by Gasteiger charge is -2.32. The van der Waals surface area contributed by atoms with Crippen LogP contribution in [0.25, 0.3) is 0 Å². The van der Waals surface area contributed by atoms with Gasteiger partial charge in [-0.3, -0.25) is 4.79 Å². The van der Waals surface area contributed by atoms with E-state index >= 15 is 0 Å². The molecule has 3 rings (SSSR count). The molecule has 0 aliphatic carbocycles. The first-order chi connectivity index (χ1) is 12.7. The van der Waals surface area contributed by atoms with E-state index in [1.807, 2.05) is 23.1 Å². The van der Waals surface area contributed by atoms with Crippen molar-refractivity contribution < 1.29 is 14.3 Å². The van der Waals surface area contributed by atoms with Crippen LogP contribution in [0.1, 0.15) is 24.0 Å². The summed E-state index contributed by atoms with van der Waals surface area (Å²) in [7, 11) is 3.23. The molecule has 138 valence electrons. The van der Waals surface area contributed by atoms with E-state index in [2.05, 4.69) is 30.3 Å². The zero-order valence-corrected chi connectivity index (χ0v) is 15.6. The van der Waals surface area contributed by atoms with Gasteiger partial charge in [0.05, 0.1) is 20.6 Å². The van der Waals surface area contributed by atoms with Crippen LogP contribution >= 0.6 is 0 Å². The molecule has 1 aliphatic heterocycles. The van der Waals surface area contributed by atoms with Crippen LogP contribution in [0.5, 0.6) is 11.5 Å². The highest BCUT2D eigenvalue weighted by Gasteiger charge is 2.23. The Bertz CT molecular complexity index is 721. The third-order valence-electron chi connectivity index (χ3n) is 5.14. The molecule has 26 heavy (non-hydrogen) atoms. The Morgan fingerprint density at radius 1 is 0.962 bits per heavy atom. The number of hydrogen-bond acceptors (Lipinski definition) is 3. The average Bonchev–Trinajstić information content (AvgIpc) is 2.69. The van der Waals surface area contributed by atoms with E-state index in [0.29, 0.717) is 23.8 Å². The first kappa shape index (κ1) is 18.3. The number of rotatable bonds is 6. The third-order valence-corrected chi connectivity index (χ3v) is 5.14. The lowest BCUT2D eigenvalue weighted by Crippen LogP contribution is -2.39. The van der Waals surface area contributed by atoms with Crippen molar-refractivity contribution in [2.75, 3.05) is 27.3 Å². The molecule has 0 unspecified atom stereocenters. The molecular weight excluding hydrogens is 326 g/mol. The standard InChI is InChI=1S/C22H27NO3/c1-25-20-9-8-19(15-21(20)26-2)16-22(24)23-12-10-18(11-13-23)14-17-6-4-3-5-7-17/h3-9,15,18H,10-14,16H2,1-2H3. The predicted molar refractivity (Wildman–Crippen MR) is 103 cm³/mol. The SMILES string of the molecule is COc1ccc(CC(=O)N2CCC(Cc3ccccc3)CC2)cc1OC. The van der Waals surface area contributed by atoms with Crippen molar-refractivity contribution in [3.05, 3.63) is 59.7 Å². The van der Waals surface area contributed by atoms with Crippen molar-refractivity contribution in [2.24, 2.45) is 5.92 Å². The van der Waals surface area contributed by atoms with Crippen molar-refractivity contribution >= 4 is 5.91 Å². The number of methoxy groups -OCH3 is 2. The van der Waals surface area contributed by atoms with E-state index in [4.69, 9.17) is 9.47 Å². The Hall–Kier alpha value is -2.49. The number of nitrogens with zero attached hydrogens (tertiary/aromatic N) is 1. The molecule has 0 bridgehead atoms. The van der Waals surface area contributed by atoms with Gasteiger partial charge in [0.2, 0.25) is 5.91 Å². The fourth-order valence-corrected chi connectivity index (χ4v) is 3.61. The Morgan fingerprint density at radius 2 is 1.65 bits per heavy atom. The van der Waals surface area contributed by atoms with Crippen molar-refractivity contribution in [3.8, 4) is 11.5 Å². The third kappa shape index (κ3) is 4.57. The van der Waals surface area contributed by atoms with E-state index in [1.54, 1.807) is 14.2 Å². The zero-order chi connectivity index (χ0) is 18.4. The molecule has 1 saturated heterocycles. The second-order valence-electron chi connectivity index (χ2n) is 6.88. The number of carbonyl (C=O) groups excluding carboxylic acids is 1. The van der Waals surface area contributed by atoms with Crippen molar-refractivity contribution in [1.29, 1.82) is 0 Å². The topological polar surface area (TPSA) is 38.8 Å². The number of likely N-dealkylation sites (tertiary alicyclic amines) is 1. The first-order valence-corrected chi connectivity index (χ1v) is 9.22. The molecular formula is C22H27NO3. The van der Waals surface area contributed by atoms with Crippen LogP contribution < -0.4 is 9.47 Å². The Labute approximate surface area is 155 Å². The summed E-state index contributed by atoms with van der Waals surface area (Å²) >= 11 is 0. The van der Waals surface area contributed by atoms with E-state index in [-0.39, 0.29) is 5.91 Å². The van der Waals surface area contributed by atoms with Gasteiger partial charge in [0.15, 0.2) is 11.5 Å². The number of piperidine rings is 1. The quantitative estimate of drug-likeness (QED) is 0.794. The van der Waals surface area contributed by atoms with Gasteiger partial charge in [-0.05, 0) is 48.4 Å². The fraction of sp³-hybridized carbons (Fsp3) is 0.409. The van der Waals surface area contributed by atoms with Crippen LogP contribution in [-0.4, -0.2) is 38.1 Å². The van der Waals surface area contributed by atoms with Gasteiger partial charge >= 0.3 is 0 Å². The van der Waals surface area contributed by atoms with Crippen molar-refractivity contribution in [2.45, 2.75) is 25.7 Å². The molecule has 2 aromatic rings. The predicted octanol–water partition coefficient (Wildman–Crippen LogP) is 3.73. The van der Waals surface area contributed by atoms with Gasteiger partial charge in [0.1, 0.15) is 0 Å². The molecule has 0 aromatic heterocycles. The van der Waals surface area contributed by atoms with Gasteiger partial charge in [-0.15, -0.1) is 0 Å². The van der Waals surface area contributed by atoms with Gasteiger partial charge in [0.25, 0.3) is 0 Å². The van der Waals surface area contributed by atoms with Gasteiger partial charge < -0.3 is 14.4 Å². The molecule has 1 fully saturated rings. The molecule has 0 N–H and O–H groups in total. The van der Waals surface area contributed by atoms with Crippen LogP contribution in [0.2, 0.25) is 0 Å². The van der Waals surface area contributed by atoms with Gasteiger partial charge in [-0.1, -0.05) is 36.4 Å². The summed E-state index contributed by atoms with van der Waals surface area (Å²) in [5.74, 6) is 2.21. The number of amides is 1. The highest BCUT2D eigenvalue weighted by atomic mass is 16.5. The number of benzene rings is 2. The van der Waals surface area contributed by atoms with Crippen molar-refractivity contribution in [1.82, 2.24) is 4.90 Å². The second kappa shape index (κ2) is 8.75. The molecule has 0 spiro atoms. The first-order valence-electron chi connectivity index (χ1n) is 9.22. The maximum absolute atomic E-state index is 12.6. The highest BCUT2D eigenvalue weighted by molar-refractivity contribution is 5.79. The number of ether oxygens (including phenoxy) is 2. The Balaban J connectivity index is 1.52. The lowest BCUT2D eigenvalue weighted by molar-refractivity contribution is -0.131. The smallest absolute Gasteiger partial charge is 0.226 e. The summed E-state index contributed by atoms with van der Waals surface area (Å²) in [5, 5.41) is 0. The minimum atomic E-state index is 0.190. The summed E-state index contributed by atoms with van der Waals surface area (Å²) in [6, 6.07) is 16.3. The van der Waals surface area contributed by atoms with E-state index in [9.17, 15) is 4.79 Å². The molecule has 1 aliphatic rings. The minimum Gasteiger partial charge on any atom is -0.493 e. The second-order valence-corrected chi connectivity index (χ2v) is 6.88. The Kier molecular flexibility index (Phi) is 6.16. The largest absolute Gasteiger partial charge is 0.493 e. The summed E-state index contributed by atoms with van der Waals surface area (Å²) in [6.45, 7) is 1.70. The normalized spacial score (nSPS) is 14.9. The van der Waals surface area contributed by atoms with Gasteiger partial charge in [0, 0.05) is 13.1 Å². The maximum Gasteiger partial charge on any atom is 0.226 e. The summed E-state index contributed by atoms with van der Waals surface area (Å²) in [5.41, 5.74) is 2.35. The molecule has 0 radical (unpaired) electrons. The maximum atomic E-state index is 12.6. The zero-order valence-electron chi connectivity index (χ0n) is 15.6. The van der Waals surface area contributed by atoms with Crippen LogP contribution in [0, 0.1) is 5.92 Å². The van der Waals surface area contributed by atoms with E-state index in [0.717, 1.165) is 37.9 Å². The van der Waals surface area contributed by atoms with E-state index in [1.165, 1.54) is 5.56 Å². The van der Waals surface area contributed by atoms with Crippen LogP contribution in [0.4, 0.5) is 0 Å². The lowest BCUT2D eigenvalue weighted by atomic mass is 9.90. The summed E-state index contributed by atoms with van der Waals surface area (Å²) in [4.78, 5) is 14.6. The van der Waals surface area contributed by atoms with Crippen molar-refractivity contribution in [3.63, 3.8) is 0 Å². The average molecular weight is 353 g/mol. The monoisotopic (exact) mass is 353 g/mol. The number of hydrogen-bond donors (Lipinski definition) is 0. The fourth-order valence-electron chi connectivity index (χ4n) is 3.61. The van der Waals surface area contributed by atoms with Crippen LogP contribution in [-0.2, 0) is 17.6 Å². The summed E-state index contributed by atoms with van der Waals surface area (Å²) in [6.07, 6.45) is 3.67. The van der Waals surface area contributed by atoms with Gasteiger partial charge in [-0.25, -0.2) is 0 Å². The Morgan fingerprint density at radius 3 is 2.31 bits per heavy atom. The number of carbonyl (C=O) groups is 1. The molecule has 2 aromatic carbocycles. The highest BCUT2D eigenvalue weighted by Crippen LogP contribution is 2.28.